The second-order valence-electron chi connectivity index (χ2n) is 5.62. The van der Waals surface area contributed by atoms with Crippen molar-refractivity contribution in [2.24, 2.45) is 5.10 Å². The molecule has 7 nitrogen and oxygen atoms in total. The van der Waals surface area contributed by atoms with Crippen molar-refractivity contribution in [3.05, 3.63) is 17.7 Å². The highest BCUT2D eigenvalue weighted by Crippen LogP contribution is 2.39. The minimum atomic E-state index is -0.617. The van der Waals surface area contributed by atoms with Crippen LogP contribution in [0.2, 0.25) is 0 Å². The van der Waals surface area contributed by atoms with Crippen molar-refractivity contribution in [1.82, 2.24) is 5.43 Å². The van der Waals surface area contributed by atoms with Crippen LogP contribution in [0, 0.1) is 0 Å². The normalized spacial score (nSPS) is 13.8. The van der Waals surface area contributed by atoms with Crippen LogP contribution in [-0.4, -0.2) is 38.2 Å². The van der Waals surface area contributed by atoms with Crippen molar-refractivity contribution < 1.29 is 23.7 Å². The summed E-state index contributed by atoms with van der Waals surface area (Å²) in [7, 11) is 1.55. The molecule has 0 radical (unpaired) electrons. The van der Waals surface area contributed by atoms with E-state index in [2.05, 4.69) is 10.5 Å². The third kappa shape index (κ3) is 4.28. The summed E-state index contributed by atoms with van der Waals surface area (Å²) in [6.45, 7) is 6.30. The van der Waals surface area contributed by atoms with Gasteiger partial charge in [0.15, 0.2) is 11.5 Å². The number of carbonyl (C=O) groups excluding carboxylic acids is 1. The maximum absolute atomic E-state index is 11.5. The molecule has 120 valence electrons. The summed E-state index contributed by atoms with van der Waals surface area (Å²) in [5.41, 5.74) is 2.44. The van der Waals surface area contributed by atoms with E-state index < -0.39 is 11.7 Å². The standard InChI is InChI=1S/C15H20N2O5/c1-15(2,3)22-14(18)17-16-9-10-7-11(19-4)13-12(8-10)20-5-6-21-13/h7-9H,5-6H2,1-4H3,(H,17,18)/b16-9-. The quantitative estimate of drug-likeness (QED) is 0.685. The monoisotopic (exact) mass is 308 g/mol. The van der Waals surface area contributed by atoms with E-state index in [1.54, 1.807) is 40.0 Å². The summed E-state index contributed by atoms with van der Waals surface area (Å²) in [6.07, 6.45) is 0.860. The molecule has 7 heteroatoms. The van der Waals surface area contributed by atoms with Crippen molar-refractivity contribution in [2.75, 3.05) is 20.3 Å². The SMILES string of the molecule is COc1cc(/C=N\NC(=O)OC(C)(C)C)cc2c1OCCO2. The number of fused-ring (bicyclic) bond motifs is 1. The van der Waals surface area contributed by atoms with E-state index in [9.17, 15) is 4.79 Å². The lowest BCUT2D eigenvalue weighted by Gasteiger charge is -2.20. The van der Waals surface area contributed by atoms with E-state index in [0.717, 1.165) is 0 Å². The minimum Gasteiger partial charge on any atom is -0.493 e. The van der Waals surface area contributed by atoms with E-state index in [1.807, 2.05) is 0 Å². The van der Waals surface area contributed by atoms with Gasteiger partial charge >= 0.3 is 6.09 Å². The molecule has 0 saturated heterocycles. The Morgan fingerprint density at radius 1 is 1.32 bits per heavy atom. The first kappa shape index (κ1) is 15.9. The van der Waals surface area contributed by atoms with Gasteiger partial charge in [-0.3, -0.25) is 0 Å². The molecule has 0 atom stereocenters. The highest BCUT2D eigenvalue weighted by molar-refractivity contribution is 5.83. The molecule has 22 heavy (non-hydrogen) atoms. The number of nitrogens with zero attached hydrogens (tertiary/aromatic N) is 1. The number of benzene rings is 1. The Morgan fingerprint density at radius 2 is 2.05 bits per heavy atom. The molecule has 0 saturated carbocycles. The molecule has 0 unspecified atom stereocenters. The molecule has 1 aliphatic heterocycles. The molecule has 0 spiro atoms. The van der Waals surface area contributed by atoms with Gasteiger partial charge in [-0.25, -0.2) is 10.2 Å². The predicted octanol–water partition coefficient (Wildman–Crippen LogP) is 2.33. The van der Waals surface area contributed by atoms with E-state index >= 15 is 0 Å². The van der Waals surface area contributed by atoms with E-state index in [-0.39, 0.29) is 0 Å². The second-order valence-corrected chi connectivity index (χ2v) is 5.62. The van der Waals surface area contributed by atoms with Crippen LogP contribution in [0.5, 0.6) is 17.2 Å². The van der Waals surface area contributed by atoms with Crippen molar-refractivity contribution in [3.8, 4) is 17.2 Å². The van der Waals surface area contributed by atoms with Crippen LogP contribution < -0.4 is 19.6 Å². The molecule has 0 aromatic heterocycles. The van der Waals surface area contributed by atoms with Gasteiger partial charge in [-0.2, -0.15) is 5.10 Å². The average Bonchev–Trinajstić information content (AvgIpc) is 2.44. The molecule has 1 aromatic rings. The largest absolute Gasteiger partial charge is 0.493 e. The number of rotatable bonds is 3. The molecular weight excluding hydrogens is 288 g/mol. The van der Waals surface area contributed by atoms with Gasteiger partial charge in [-0.05, 0) is 32.9 Å². The predicted molar refractivity (Wildman–Crippen MR) is 80.9 cm³/mol. The van der Waals surface area contributed by atoms with Gasteiger partial charge in [0.2, 0.25) is 5.75 Å². The Bertz CT molecular complexity index is 561. The fraction of sp³-hybridized carbons (Fsp3) is 0.467. The lowest BCUT2D eigenvalue weighted by Crippen LogP contribution is -2.29. The van der Waals surface area contributed by atoms with Crippen molar-refractivity contribution in [1.29, 1.82) is 0 Å². The summed E-state index contributed by atoms with van der Waals surface area (Å²) >= 11 is 0. The highest BCUT2D eigenvalue weighted by atomic mass is 16.6. The number of carbonyl (C=O) groups is 1. The van der Waals surface area contributed by atoms with Gasteiger partial charge in [0.25, 0.3) is 0 Å². The van der Waals surface area contributed by atoms with Crippen LogP contribution in [-0.2, 0) is 4.74 Å². The van der Waals surface area contributed by atoms with Gasteiger partial charge in [-0.1, -0.05) is 0 Å². The Kier molecular flexibility index (Phi) is 4.75. The Hall–Kier alpha value is -2.44. The van der Waals surface area contributed by atoms with Crippen LogP contribution in [0.15, 0.2) is 17.2 Å². The molecule has 1 amide bonds. The number of amides is 1. The molecule has 1 N–H and O–H groups in total. The number of methoxy groups -OCH3 is 1. The summed E-state index contributed by atoms with van der Waals surface area (Å²) in [6, 6.07) is 3.51. The van der Waals surface area contributed by atoms with Crippen LogP contribution >= 0.6 is 0 Å². The van der Waals surface area contributed by atoms with Crippen LogP contribution in [0.3, 0.4) is 0 Å². The zero-order chi connectivity index (χ0) is 16.2. The topological polar surface area (TPSA) is 78.4 Å². The third-order valence-electron chi connectivity index (χ3n) is 2.62. The first-order valence-electron chi connectivity index (χ1n) is 6.89. The fourth-order valence-electron chi connectivity index (χ4n) is 1.83. The summed E-state index contributed by atoms with van der Waals surface area (Å²) in [5.74, 6) is 1.71. The van der Waals surface area contributed by atoms with Gasteiger partial charge in [0.1, 0.15) is 18.8 Å². The Balaban J connectivity index is 2.06. The van der Waals surface area contributed by atoms with Crippen molar-refractivity contribution in [3.63, 3.8) is 0 Å². The van der Waals surface area contributed by atoms with Gasteiger partial charge in [0, 0.05) is 5.56 Å². The Labute approximate surface area is 129 Å². The molecule has 1 heterocycles. The number of hydrazone groups is 1. The molecule has 0 bridgehead atoms. The van der Waals surface area contributed by atoms with Crippen LogP contribution in [0.1, 0.15) is 26.3 Å². The van der Waals surface area contributed by atoms with Gasteiger partial charge in [-0.15, -0.1) is 0 Å². The maximum atomic E-state index is 11.5. The molecular formula is C15H20N2O5. The second kappa shape index (κ2) is 6.55. The van der Waals surface area contributed by atoms with Crippen molar-refractivity contribution in [2.45, 2.75) is 26.4 Å². The first-order chi connectivity index (χ1) is 10.4. The van der Waals surface area contributed by atoms with E-state index in [1.165, 1.54) is 6.21 Å². The molecule has 0 aliphatic carbocycles. The number of hydrogen-bond donors (Lipinski definition) is 1. The zero-order valence-corrected chi connectivity index (χ0v) is 13.1. The van der Waals surface area contributed by atoms with Crippen LogP contribution in [0.4, 0.5) is 4.79 Å². The fourth-order valence-corrected chi connectivity index (χ4v) is 1.83. The Morgan fingerprint density at radius 3 is 2.73 bits per heavy atom. The summed E-state index contributed by atoms with van der Waals surface area (Å²) < 4.78 is 21.4. The molecule has 1 aromatic carbocycles. The summed E-state index contributed by atoms with van der Waals surface area (Å²) in [5, 5.41) is 3.85. The number of ether oxygens (including phenoxy) is 4. The molecule has 1 aliphatic rings. The van der Waals surface area contributed by atoms with Gasteiger partial charge in [0.05, 0.1) is 13.3 Å². The number of hydrogen-bond acceptors (Lipinski definition) is 6. The lowest BCUT2D eigenvalue weighted by molar-refractivity contribution is 0.0529. The molecule has 2 rings (SSSR count). The maximum Gasteiger partial charge on any atom is 0.428 e. The van der Waals surface area contributed by atoms with Crippen molar-refractivity contribution >= 4 is 12.3 Å². The van der Waals surface area contributed by atoms with Gasteiger partial charge < -0.3 is 18.9 Å². The van der Waals surface area contributed by atoms with E-state index in [4.69, 9.17) is 18.9 Å². The molecule has 0 fully saturated rings. The highest BCUT2D eigenvalue weighted by Gasteiger charge is 2.18. The third-order valence-corrected chi connectivity index (χ3v) is 2.62. The summed E-state index contributed by atoms with van der Waals surface area (Å²) in [4.78, 5) is 11.5. The average molecular weight is 308 g/mol. The van der Waals surface area contributed by atoms with Crippen LogP contribution in [0.25, 0.3) is 0 Å². The lowest BCUT2D eigenvalue weighted by atomic mass is 10.2. The smallest absolute Gasteiger partial charge is 0.428 e. The minimum absolute atomic E-state index is 0.479. The first-order valence-corrected chi connectivity index (χ1v) is 6.89. The van der Waals surface area contributed by atoms with E-state index in [0.29, 0.717) is 36.0 Å². The zero-order valence-electron chi connectivity index (χ0n) is 13.1. The number of nitrogens with one attached hydrogen (secondary N) is 1.